The van der Waals surface area contributed by atoms with E-state index in [-0.39, 0.29) is 62.3 Å². The second-order valence-corrected chi connectivity index (χ2v) is 17.6. The Morgan fingerprint density at radius 1 is 0.934 bits per heavy atom. The summed E-state index contributed by atoms with van der Waals surface area (Å²) in [7, 11) is 0. The molecule has 2 heterocycles. The van der Waals surface area contributed by atoms with E-state index in [1.54, 1.807) is 24.3 Å². The maximum absolute atomic E-state index is 15.1. The van der Waals surface area contributed by atoms with Crippen molar-refractivity contribution in [2.75, 3.05) is 33.0 Å². The van der Waals surface area contributed by atoms with E-state index in [1.165, 1.54) is 25.0 Å². The number of benzene rings is 2. The van der Waals surface area contributed by atoms with Crippen LogP contribution in [0.5, 0.6) is 11.5 Å². The van der Waals surface area contributed by atoms with Gasteiger partial charge in [-0.05, 0) is 104 Å². The summed E-state index contributed by atoms with van der Waals surface area (Å²) in [6, 6.07) is 11.7. The van der Waals surface area contributed by atoms with Crippen LogP contribution in [-0.4, -0.2) is 77.9 Å². The van der Waals surface area contributed by atoms with Gasteiger partial charge < -0.3 is 38.9 Å². The van der Waals surface area contributed by atoms with Crippen LogP contribution in [0.3, 0.4) is 0 Å². The lowest BCUT2D eigenvalue weighted by Gasteiger charge is -2.60. The van der Waals surface area contributed by atoms with Crippen LogP contribution >= 0.6 is 0 Å². The van der Waals surface area contributed by atoms with E-state index in [0.717, 1.165) is 86.6 Å². The topological polar surface area (TPSA) is 119 Å². The molecular formula is C50H67FN2O8. The fourth-order valence-electron chi connectivity index (χ4n) is 10.7. The van der Waals surface area contributed by atoms with Crippen molar-refractivity contribution >= 4 is 11.6 Å². The first-order chi connectivity index (χ1) is 29.9. The van der Waals surface area contributed by atoms with Gasteiger partial charge in [0.1, 0.15) is 30.0 Å². The molecule has 332 valence electrons. The molecule has 0 radical (unpaired) electrons. The lowest BCUT2D eigenvalue weighted by atomic mass is 9.55. The van der Waals surface area contributed by atoms with Crippen LogP contribution in [0.2, 0.25) is 0 Å². The SMILES string of the molecule is C=CCOc1ccc2c(c1)[C@H]1[C@H](CCCCO)[C@@H](CCCCO)C=C3C(=NOC4CCCCO4)C[C@H](N(Cc4ccc(F)cc4)C(=O)CCC4CCCC4)[C@@](OCC=C)(O2)[C@H]31. The summed E-state index contributed by atoms with van der Waals surface area (Å²) in [5.41, 5.74) is 3.49. The number of ether oxygens (including phenoxy) is 4. The standard InChI is InChI=1S/C50H67FN2O8/c1-3-28-57-39-23-24-44-42(32-39)48-40(16-8-11-27-55)37(15-7-10-26-54)31-41-43(52-61-47-17-9-12-30-58-47)33-45(50(60-44,49(41)48)59-29-4-2)53(34-36-18-21-38(51)22-19-36)46(56)25-20-35-13-5-6-14-35/h3-4,18-19,21-24,31-32,35,37,40,45,47-49,54-55H,1-2,5-17,20,25-30,33-34H2/t37-,40+,45-,47?,48+,49+,50+/m0/s1. The molecule has 0 bridgehead atoms. The largest absolute Gasteiger partial charge is 0.490 e. The highest BCUT2D eigenvalue weighted by molar-refractivity contribution is 6.03. The van der Waals surface area contributed by atoms with Gasteiger partial charge in [-0.2, -0.15) is 0 Å². The molecule has 2 aromatic carbocycles. The summed E-state index contributed by atoms with van der Waals surface area (Å²) in [5.74, 6) is -0.338. The Bertz CT molecular complexity index is 1820. The Labute approximate surface area is 361 Å². The number of oxime groups is 1. The van der Waals surface area contributed by atoms with Gasteiger partial charge in [0.05, 0.1) is 24.8 Å². The van der Waals surface area contributed by atoms with Gasteiger partial charge in [-0.3, -0.25) is 4.79 Å². The molecule has 3 aliphatic carbocycles. The molecule has 2 aromatic rings. The molecule has 11 heteroatoms. The zero-order chi connectivity index (χ0) is 42.6. The second kappa shape index (κ2) is 21.9. The molecule has 7 rings (SSSR count). The van der Waals surface area contributed by atoms with Crippen LogP contribution in [0.1, 0.15) is 120 Å². The van der Waals surface area contributed by atoms with Crippen molar-refractivity contribution in [3.63, 3.8) is 0 Å². The zero-order valence-corrected chi connectivity index (χ0v) is 35.9. The normalized spacial score (nSPS) is 27.7. The molecule has 1 saturated heterocycles. The number of carbonyl (C=O) groups excluding carboxylic acids is 1. The van der Waals surface area contributed by atoms with Gasteiger partial charge in [-0.15, -0.1) is 6.58 Å². The fraction of sp³-hybridized carbons (Fsp3) is 0.600. The van der Waals surface area contributed by atoms with E-state index in [2.05, 4.69) is 25.3 Å². The molecule has 0 aromatic heterocycles. The van der Waals surface area contributed by atoms with E-state index in [4.69, 9.17) is 28.9 Å². The van der Waals surface area contributed by atoms with Crippen LogP contribution in [0.25, 0.3) is 0 Å². The van der Waals surface area contributed by atoms with Gasteiger partial charge >= 0.3 is 0 Å². The molecule has 2 N–H and O–H groups in total. The Balaban J connectivity index is 1.43. The first kappa shape index (κ1) is 45.0. The minimum Gasteiger partial charge on any atom is -0.490 e. The predicted octanol–water partition coefficient (Wildman–Crippen LogP) is 9.55. The number of allylic oxidation sites excluding steroid dienone is 1. The van der Waals surface area contributed by atoms with Crippen molar-refractivity contribution in [3.05, 3.63) is 96.4 Å². The van der Waals surface area contributed by atoms with Gasteiger partial charge in [0.15, 0.2) is 0 Å². The molecule has 0 spiro atoms. The van der Waals surface area contributed by atoms with Gasteiger partial charge in [-0.1, -0.05) is 80.6 Å². The first-order valence-corrected chi connectivity index (χ1v) is 23.0. The van der Waals surface area contributed by atoms with Crippen molar-refractivity contribution in [1.29, 1.82) is 0 Å². The molecule has 3 fully saturated rings. The highest BCUT2D eigenvalue weighted by Gasteiger charge is 2.65. The maximum atomic E-state index is 15.1. The average Bonchev–Trinajstić information content (AvgIpc) is 3.81. The predicted molar refractivity (Wildman–Crippen MR) is 233 cm³/mol. The monoisotopic (exact) mass is 842 g/mol. The van der Waals surface area contributed by atoms with E-state index >= 15 is 4.79 Å². The lowest BCUT2D eigenvalue weighted by molar-refractivity contribution is -0.258. The van der Waals surface area contributed by atoms with Gasteiger partial charge in [0.25, 0.3) is 0 Å². The van der Waals surface area contributed by atoms with Gasteiger partial charge in [0.2, 0.25) is 18.0 Å². The molecular weight excluding hydrogens is 776 g/mol. The number of carbonyl (C=O) groups is 1. The highest BCUT2D eigenvalue weighted by Crippen LogP contribution is 2.62. The van der Waals surface area contributed by atoms with Crippen LogP contribution in [0.15, 0.2) is 84.6 Å². The third kappa shape index (κ3) is 10.6. The molecule has 2 aliphatic heterocycles. The number of hydrogen-bond donors (Lipinski definition) is 2. The average molecular weight is 843 g/mol. The Morgan fingerprint density at radius 2 is 1.69 bits per heavy atom. The maximum Gasteiger partial charge on any atom is 0.239 e. The van der Waals surface area contributed by atoms with E-state index in [0.29, 0.717) is 49.9 Å². The van der Waals surface area contributed by atoms with Crippen molar-refractivity contribution < 1.29 is 43.2 Å². The van der Waals surface area contributed by atoms with Crippen LogP contribution < -0.4 is 9.47 Å². The van der Waals surface area contributed by atoms with Crippen molar-refractivity contribution in [2.24, 2.45) is 28.8 Å². The smallest absolute Gasteiger partial charge is 0.239 e. The van der Waals surface area contributed by atoms with E-state index in [9.17, 15) is 14.6 Å². The van der Waals surface area contributed by atoms with Crippen molar-refractivity contribution in [1.82, 2.24) is 4.90 Å². The van der Waals surface area contributed by atoms with Gasteiger partial charge in [-0.25, -0.2) is 4.39 Å². The Hall–Kier alpha value is -4.03. The molecule has 5 aliphatic rings. The van der Waals surface area contributed by atoms with Crippen molar-refractivity contribution in [3.8, 4) is 11.5 Å². The Kier molecular flexibility index (Phi) is 16.1. The Morgan fingerprint density at radius 3 is 2.41 bits per heavy atom. The van der Waals surface area contributed by atoms with Gasteiger partial charge in [0, 0.05) is 50.5 Å². The quantitative estimate of drug-likeness (QED) is 0.0684. The molecule has 1 unspecified atom stereocenters. The van der Waals surface area contributed by atoms with Crippen LogP contribution in [0, 0.1) is 29.5 Å². The number of unbranched alkanes of at least 4 members (excludes halogenated alkanes) is 2. The fourth-order valence-corrected chi connectivity index (χ4v) is 10.7. The number of hydrogen-bond acceptors (Lipinski definition) is 9. The number of nitrogens with zero attached hydrogens (tertiary/aromatic N) is 2. The highest BCUT2D eigenvalue weighted by atomic mass is 19.1. The zero-order valence-electron chi connectivity index (χ0n) is 35.9. The number of fused-ring (bicyclic) bond motifs is 2. The molecule has 10 nitrogen and oxygen atoms in total. The number of amides is 1. The third-order valence-corrected chi connectivity index (χ3v) is 13.6. The summed E-state index contributed by atoms with van der Waals surface area (Å²) in [4.78, 5) is 23.3. The minimum atomic E-state index is -1.39. The molecule has 1 amide bonds. The number of halogens is 1. The molecule has 7 atom stereocenters. The summed E-state index contributed by atoms with van der Waals surface area (Å²) < 4.78 is 41.1. The summed E-state index contributed by atoms with van der Waals surface area (Å²) in [6.07, 6.45) is 18.8. The lowest BCUT2D eigenvalue weighted by Crippen LogP contribution is -2.70. The van der Waals surface area contributed by atoms with E-state index < -0.39 is 24.0 Å². The van der Waals surface area contributed by atoms with Crippen LogP contribution in [0.4, 0.5) is 4.39 Å². The van der Waals surface area contributed by atoms with E-state index in [1.807, 2.05) is 17.0 Å². The van der Waals surface area contributed by atoms with Crippen molar-refractivity contribution in [2.45, 2.75) is 133 Å². The summed E-state index contributed by atoms with van der Waals surface area (Å²) in [5, 5.41) is 24.9. The molecule has 2 saturated carbocycles. The first-order valence-electron chi connectivity index (χ1n) is 23.0. The summed E-state index contributed by atoms with van der Waals surface area (Å²) in [6.45, 7) is 9.49. The minimum absolute atomic E-state index is 0.0116. The molecule has 61 heavy (non-hydrogen) atoms. The number of rotatable bonds is 22. The van der Waals surface area contributed by atoms with Crippen LogP contribution in [-0.2, 0) is 25.7 Å². The summed E-state index contributed by atoms with van der Waals surface area (Å²) >= 11 is 0. The number of aliphatic hydroxyl groups excluding tert-OH is 2. The third-order valence-electron chi connectivity index (χ3n) is 13.6. The second-order valence-electron chi connectivity index (χ2n) is 17.6. The number of aliphatic hydroxyl groups is 2.